The first kappa shape index (κ1) is 12.4. The van der Waals surface area contributed by atoms with Crippen molar-refractivity contribution in [1.29, 1.82) is 0 Å². The van der Waals surface area contributed by atoms with Crippen molar-refractivity contribution in [3.63, 3.8) is 0 Å². The minimum absolute atomic E-state index is 0.0636. The fourth-order valence-electron chi connectivity index (χ4n) is 1.55. The highest BCUT2D eigenvalue weighted by atomic mass is 16.1. The van der Waals surface area contributed by atoms with E-state index in [1.165, 1.54) is 0 Å². The van der Waals surface area contributed by atoms with Gasteiger partial charge in [-0.3, -0.25) is 4.79 Å². The first-order valence-electron chi connectivity index (χ1n) is 4.95. The molecule has 0 aliphatic heterocycles. The number of carbonyl (C=O) groups excluding carboxylic acids is 1. The van der Waals surface area contributed by atoms with Gasteiger partial charge in [0.05, 0.1) is 6.54 Å². The Morgan fingerprint density at radius 2 is 1.69 bits per heavy atom. The molecule has 0 aliphatic rings. The molecule has 0 bridgehead atoms. The number of rotatable bonds is 5. The van der Waals surface area contributed by atoms with Crippen LogP contribution in [0.5, 0.6) is 0 Å². The van der Waals surface area contributed by atoms with Crippen molar-refractivity contribution in [1.82, 2.24) is 5.32 Å². The molecule has 1 amide bonds. The fourth-order valence-corrected chi connectivity index (χ4v) is 1.55. The number of hydrogen-bond acceptors (Lipinski definition) is 2. The van der Waals surface area contributed by atoms with Crippen LogP contribution in [0.15, 0.2) is 0 Å². The molecule has 0 saturated carbocycles. The number of amides is 1. The van der Waals surface area contributed by atoms with Crippen molar-refractivity contribution < 1.29 is 4.79 Å². The highest BCUT2D eigenvalue weighted by molar-refractivity contribution is 5.77. The smallest absolute Gasteiger partial charge is 0.233 e. The Kier molecular flexibility index (Phi) is 5.71. The van der Waals surface area contributed by atoms with Gasteiger partial charge in [-0.2, -0.15) is 0 Å². The van der Waals surface area contributed by atoms with Crippen molar-refractivity contribution in [2.75, 3.05) is 13.1 Å². The Morgan fingerprint density at radius 3 is 2.00 bits per heavy atom. The molecule has 0 aromatic rings. The molecule has 0 aliphatic carbocycles. The minimum atomic E-state index is -0.0636. The second-order valence-electron chi connectivity index (χ2n) is 4.16. The Morgan fingerprint density at radius 1 is 1.23 bits per heavy atom. The molecule has 0 heterocycles. The van der Waals surface area contributed by atoms with Crippen molar-refractivity contribution in [2.45, 2.75) is 27.7 Å². The lowest BCUT2D eigenvalue weighted by Gasteiger charge is -2.24. The summed E-state index contributed by atoms with van der Waals surface area (Å²) in [6.45, 7) is 9.55. The molecule has 0 saturated heterocycles. The van der Waals surface area contributed by atoms with E-state index in [0.29, 0.717) is 17.8 Å². The summed E-state index contributed by atoms with van der Waals surface area (Å²) < 4.78 is 0. The lowest BCUT2D eigenvalue weighted by molar-refractivity contribution is -0.120. The molecule has 78 valence electrons. The third kappa shape index (κ3) is 4.88. The monoisotopic (exact) mass is 186 g/mol. The highest BCUT2D eigenvalue weighted by Crippen LogP contribution is 2.19. The summed E-state index contributed by atoms with van der Waals surface area (Å²) in [6.07, 6.45) is 0. The molecule has 0 unspecified atom stereocenters. The molecule has 3 heteroatoms. The van der Waals surface area contributed by atoms with Gasteiger partial charge in [0.1, 0.15) is 0 Å². The van der Waals surface area contributed by atoms with Crippen LogP contribution in [0.3, 0.4) is 0 Å². The standard InChI is InChI=1S/C10H22N2O/c1-7(2)9(8(3)4)6-12-10(13)5-11/h7-9H,5-6,11H2,1-4H3,(H,12,13). The number of nitrogens with one attached hydrogen (secondary N) is 1. The zero-order chi connectivity index (χ0) is 10.4. The third-order valence-corrected chi connectivity index (χ3v) is 2.43. The van der Waals surface area contributed by atoms with E-state index in [0.717, 1.165) is 6.54 Å². The van der Waals surface area contributed by atoms with E-state index in [4.69, 9.17) is 5.73 Å². The predicted molar refractivity (Wildman–Crippen MR) is 55.2 cm³/mol. The summed E-state index contributed by atoms with van der Waals surface area (Å²) in [4.78, 5) is 10.9. The Hall–Kier alpha value is -0.570. The van der Waals surface area contributed by atoms with E-state index >= 15 is 0 Å². The first-order chi connectivity index (χ1) is 5.99. The first-order valence-corrected chi connectivity index (χ1v) is 4.95. The van der Waals surface area contributed by atoms with Crippen molar-refractivity contribution in [3.05, 3.63) is 0 Å². The summed E-state index contributed by atoms with van der Waals surface area (Å²) in [5.74, 6) is 1.66. The highest BCUT2D eigenvalue weighted by Gasteiger charge is 2.17. The predicted octanol–water partition coefficient (Wildman–Crippen LogP) is 0.989. The number of nitrogens with two attached hydrogens (primary N) is 1. The van der Waals surface area contributed by atoms with Crippen LogP contribution in [0.4, 0.5) is 0 Å². The average molecular weight is 186 g/mol. The summed E-state index contributed by atoms with van der Waals surface area (Å²) in [7, 11) is 0. The Labute approximate surface area is 81.1 Å². The SMILES string of the molecule is CC(C)C(CNC(=O)CN)C(C)C. The van der Waals surface area contributed by atoms with Gasteiger partial charge in [-0.1, -0.05) is 27.7 Å². The minimum Gasteiger partial charge on any atom is -0.355 e. The molecule has 0 fully saturated rings. The van der Waals surface area contributed by atoms with E-state index < -0.39 is 0 Å². The molecular weight excluding hydrogens is 164 g/mol. The van der Waals surface area contributed by atoms with Crippen LogP contribution in [-0.4, -0.2) is 19.0 Å². The van der Waals surface area contributed by atoms with E-state index in [-0.39, 0.29) is 12.5 Å². The van der Waals surface area contributed by atoms with Gasteiger partial charge >= 0.3 is 0 Å². The zero-order valence-electron chi connectivity index (χ0n) is 9.13. The lowest BCUT2D eigenvalue weighted by atomic mass is 9.85. The maximum atomic E-state index is 10.9. The zero-order valence-corrected chi connectivity index (χ0v) is 9.13. The quantitative estimate of drug-likeness (QED) is 0.672. The molecule has 0 rings (SSSR count). The van der Waals surface area contributed by atoms with Gasteiger partial charge in [0.25, 0.3) is 0 Å². The van der Waals surface area contributed by atoms with Gasteiger partial charge in [-0.15, -0.1) is 0 Å². The Bertz CT molecular complexity index is 147. The lowest BCUT2D eigenvalue weighted by Crippen LogP contribution is -2.37. The molecule has 0 radical (unpaired) electrons. The van der Waals surface area contributed by atoms with E-state index in [1.807, 2.05) is 0 Å². The molecular formula is C10H22N2O. The average Bonchev–Trinajstić information content (AvgIpc) is 2.03. The van der Waals surface area contributed by atoms with Crippen LogP contribution in [0, 0.1) is 17.8 Å². The summed E-state index contributed by atoms with van der Waals surface area (Å²) >= 11 is 0. The molecule has 3 nitrogen and oxygen atoms in total. The second kappa shape index (κ2) is 5.97. The number of carbonyl (C=O) groups is 1. The van der Waals surface area contributed by atoms with E-state index in [2.05, 4.69) is 33.0 Å². The van der Waals surface area contributed by atoms with Crippen molar-refractivity contribution in [3.8, 4) is 0 Å². The summed E-state index contributed by atoms with van der Waals surface area (Å²) in [5, 5.41) is 2.83. The molecule has 3 N–H and O–H groups in total. The van der Waals surface area contributed by atoms with E-state index in [1.54, 1.807) is 0 Å². The molecule has 0 aromatic carbocycles. The van der Waals surface area contributed by atoms with Crippen LogP contribution in [0.25, 0.3) is 0 Å². The molecule has 13 heavy (non-hydrogen) atoms. The fraction of sp³-hybridized carbons (Fsp3) is 0.900. The Balaban J connectivity index is 3.90. The largest absolute Gasteiger partial charge is 0.355 e. The number of hydrogen-bond donors (Lipinski definition) is 2. The van der Waals surface area contributed by atoms with Crippen LogP contribution in [0.1, 0.15) is 27.7 Å². The van der Waals surface area contributed by atoms with Crippen molar-refractivity contribution in [2.24, 2.45) is 23.5 Å². The molecule has 0 spiro atoms. The third-order valence-electron chi connectivity index (χ3n) is 2.43. The van der Waals surface area contributed by atoms with E-state index in [9.17, 15) is 4.79 Å². The van der Waals surface area contributed by atoms with Crippen LogP contribution in [-0.2, 0) is 4.79 Å². The van der Waals surface area contributed by atoms with Crippen LogP contribution < -0.4 is 11.1 Å². The molecule has 0 aromatic heterocycles. The van der Waals surface area contributed by atoms with Gasteiger partial charge in [0.2, 0.25) is 5.91 Å². The van der Waals surface area contributed by atoms with Gasteiger partial charge in [-0.25, -0.2) is 0 Å². The van der Waals surface area contributed by atoms with Gasteiger partial charge in [0.15, 0.2) is 0 Å². The topological polar surface area (TPSA) is 55.1 Å². The maximum absolute atomic E-state index is 10.9. The van der Waals surface area contributed by atoms with Crippen molar-refractivity contribution >= 4 is 5.91 Å². The van der Waals surface area contributed by atoms with Crippen LogP contribution in [0.2, 0.25) is 0 Å². The van der Waals surface area contributed by atoms with Gasteiger partial charge < -0.3 is 11.1 Å². The van der Waals surface area contributed by atoms with Gasteiger partial charge in [0, 0.05) is 6.54 Å². The summed E-state index contributed by atoms with van der Waals surface area (Å²) in [5.41, 5.74) is 5.20. The normalized spacial score (nSPS) is 11.4. The maximum Gasteiger partial charge on any atom is 0.233 e. The second-order valence-corrected chi connectivity index (χ2v) is 4.16. The summed E-state index contributed by atoms with van der Waals surface area (Å²) in [6, 6.07) is 0. The molecule has 0 atom stereocenters. The van der Waals surface area contributed by atoms with Gasteiger partial charge in [-0.05, 0) is 17.8 Å². The van der Waals surface area contributed by atoms with Crippen LogP contribution >= 0.6 is 0 Å².